The SMILES string of the molecule is CCOc1cc(CNC(C)C(=O)NC(C)C)ccc1OC. The number of rotatable bonds is 8. The van der Waals surface area contributed by atoms with E-state index in [0.717, 1.165) is 11.3 Å². The van der Waals surface area contributed by atoms with Crippen LogP contribution in [0.1, 0.15) is 33.3 Å². The normalized spacial score (nSPS) is 12.1. The van der Waals surface area contributed by atoms with Crippen LogP contribution in [0, 0.1) is 0 Å². The van der Waals surface area contributed by atoms with E-state index in [1.54, 1.807) is 7.11 Å². The van der Waals surface area contributed by atoms with Crippen LogP contribution in [0.2, 0.25) is 0 Å². The van der Waals surface area contributed by atoms with Gasteiger partial charge >= 0.3 is 0 Å². The molecular weight excluding hydrogens is 268 g/mol. The maximum atomic E-state index is 11.8. The smallest absolute Gasteiger partial charge is 0.237 e. The summed E-state index contributed by atoms with van der Waals surface area (Å²) in [5.41, 5.74) is 1.04. The first-order valence-electron chi connectivity index (χ1n) is 7.31. The van der Waals surface area contributed by atoms with E-state index >= 15 is 0 Å². The lowest BCUT2D eigenvalue weighted by atomic mass is 10.2. The minimum atomic E-state index is -0.245. The Bertz CT molecular complexity index is 461. The zero-order valence-corrected chi connectivity index (χ0v) is 13.5. The highest BCUT2D eigenvalue weighted by Crippen LogP contribution is 2.27. The number of methoxy groups -OCH3 is 1. The molecule has 0 aliphatic heterocycles. The number of ether oxygens (including phenoxy) is 2. The van der Waals surface area contributed by atoms with Gasteiger partial charge in [-0.1, -0.05) is 6.07 Å². The van der Waals surface area contributed by atoms with E-state index in [9.17, 15) is 4.79 Å². The van der Waals surface area contributed by atoms with Crippen LogP contribution < -0.4 is 20.1 Å². The van der Waals surface area contributed by atoms with E-state index in [4.69, 9.17) is 9.47 Å². The van der Waals surface area contributed by atoms with Crippen molar-refractivity contribution in [1.29, 1.82) is 0 Å². The average molecular weight is 294 g/mol. The van der Waals surface area contributed by atoms with Crippen LogP contribution in [0.15, 0.2) is 18.2 Å². The van der Waals surface area contributed by atoms with Crippen molar-refractivity contribution in [3.8, 4) is 11.5 Å². The molecule has 0 heterocycles. The van der Waals surface area contributed by atoms with Gasteiger partial charge in [-0.15, -0.1) is 0 Å². The topological polar surface area (TPSA) is 59.6 Å². The molecule has 0 spiro atoms. The minimum absolute atomic E-state index is 0.00328. The lowest BCUT2D eigenvalue weighted by Crippen LogP contribution is -2.44. The predicted octanol–water partition coefficient (Wildman–Crippen LogP) is 2.10. The van der Waals surface area contributed by atoms with E-state index in [-0.39, 0.29) is 18.0 Å². The number of amides is 1. The highest BCUT2D eigenvalue weighted by molar-refractivity contribution is 5.81. The number of hydrogen-bond donors (Lipinski definition) is 2. The molecule has 0 aliphatic carbocycles. The fourth-order valence-electron chi connectivity index (χ4n) is 1.87. The van der Waals surface area contributed by atoms with Crippen LogP contribution in [0.5, 0.6) is 11.5 Å². The molecule has 0 aromatic heterocycles. The van der Waals surface area contributed by atoms with Gasteiger partial charge in [-0.25, -0.2) is 0 Å². The van der Waals surface area contributed by atoms with Crippen molar-refractivity contribution < 1.29 is 14.3 Å². The van der Waals surface area contributed by atoms with Gasteiger partial charge < -0.3 is 20.1 Å². The standard InChI is InChI=1S/C16H26N2O3/c1-6-21-15-9-13(7-8-14(15)20-5)10-17-12(4)16(19)18-11(2)3/h7-9,11-12,17H,6,10H2,1-5H3,(H,18,19). The largest absolute Gasteiger partial charge is 0.493 e. The third-order valence-electron chi connectivity index (χ3n) is 2.96. The van der Waals surface area contributed by atoms with Crippen molar-refractivity contribution >= 4 is 5.91 Å². The summed E-state index contributed by atoms with van der Waals surface area (Å²) in [5, 5.41) is 6.09. The molecule has 0 bridgehead atoms. The molecule has 1 atom stereocenters. The van der Waals surface area contributed by atoms with Crippen LogP contribution in [-0.2, 0) is 11.3 Å². The molecule has 118 valence electrons. The second-order valence-corrected chi connectivity index (χ2v) is 5.18. The van der Waals surface area contributed by atoms with Crippen molar-refractivity contribution in [3.63, 3.8) is 0 Å². The molecule has 1 amide bonds. The molecule has 1 aromatic rings. The second kappa shape index (κ2) is 8.52. The zero-order valence-electron chi connectivity index (χ0n) is 13.5. The van der Waals surface area contributed by atoms with Gasteiger partial charge in [-0.2, -0.15) is 0 Å². The van der Waals surface area contributed by atoms with Crippen LogP contribution in [-0.4, -0.2) is 31.7 Å². The van der Waals surface area contributed by atoms with E-state index in [0.29, 0.717) is 18.9 Å². The Kier molecular flexibility index (Phi) is 7.02. The number of carbonyl (C=O) groups is 1. The highest BCUT2D eigenvalue weighted by Gasteiger charge is 2.13. The van der Waals surface area contributed by atoms with Crippen molar-refractivity contribution in [2.45, 2.75) is 46.3 Å². The predicted molar refractivity (Wildman–Crippen MR) is 83.7 cm³/mol. The first-order valence-corrected chi connectivity index (χ1v) is 7.31. The third kappa shape index (κ3) is 5.63. The first-order chi connectivity index (χ1) is 9.97. The van der Waals surface area contributed by atoms with Gasteiger partial charge in [0.05, 0.1) is 19.8 Å². The van der Waals surface area contributed by atoms with Gasteiger partial charge in [0.15, 0.2) is 11.5 Å². The average Bonchev–Trinajstić information content (AvgIpc) is 2.44. The molecule has 1 rings (SSSR count). The number of benzene rings is 1. The van der Waals surface area contributed by atoms with Crippen molar-refractivity contribution in [1.82, 2.24) is 10.6 Å². The molecule has 0 aliphatic rings. The summed E-state index contributed by atoms with van der Waals surface area (Å²) < 4.78 is 10.8. The van der Waals surface area contributed by atoms with Gasteiger partial charge in [0, 0.05) is 12.6 Å². The van der Waals surface area contributed by atoms with E-state index in [1.807, 2.05) is 45.9 Å². The molecular formula is C16H26N2O3. The molecule has 5 heteroatoms. The molecule has 1 aromatic carbocycles. The van der Waals surface area contributed by atoms with Crippen molar-refractivity contribution in [2.24, 2.45) is 0 Å². The van der Waals surface area contributed by atoms with Crippen LogP contribution >= 0.6 is 0 Å². The maximum absolute atomic E-state index is 11.8. The summed E-state index contributed by atoms with van der Waals surface area (Å²) >= 11 is 0. The number of hydrogen-bond acceptors (Lipinski definition) is 4. The van der Waals surface area contributed by atoms with Crippen LogP contribution in [0.3, 0.4) is 0 Å². The zero-order chi connectivity index (χ0) is 15.8. The Labute approximate surface area is 127 Å². The lowest BCUT2D eigenvalue weighted by molar-refractivity contribution is -0.123. The minimum Gasteiger partial charge on any atom is -0.493 e. The molecule has 1 unspecified atom stereocenters. The number of carbonyl (C=O) groups excluding carboxylic acids is 1. The molecule has 0 saturated heterocycles. The van der Waals surface area contributed by atoms with Gasteiger partial charge in [0.1, 0.15) is 0 Å². The molecule has 0 saturated carbocycles. The summed E-state index contributed by atoms with van der Waals surface area (Å²) in [5.74, 6) is 1.44. The summed E-state index contributed by atoms with van der Waals surface area (Å²) in [6.45, 7) is 8.86. The van der Waals surface area contributed by atoms with Gasteiger partial charge in [-0.3, -0.25) is 4.79 Å². The summed E-state index contributed by atoms with van der Waals surface area (Å²) in [6, 6.07) is 5.67. The monoisotopic (exact) mass is 294 g/mol. The lowest BCUT2D eigenvalue weighted by Gasteiger charge is -2.17. The Morgan fingerprint density at radius 1 is 1.24 bits per heavy atom. The Hall–Kier alpha value is -1.75. The molecule has 2 N–H and O–H groups in total. The fourth-order valence-corrected chi connectivity index (χ4v) is 1.87. The van der Waals surface area contributed by atoms with Crippen LogP contribution in [0.4, 0.5) is 0 Å². The fraction of sp³-hybridized carbons (Fsp3) is 0.562. The maximum Gasteiger partial charge on any atom is 0.237 e. The Balaban J connectivity index is 2.62. The van der Waals surface area contributed by atoms with Gasteiger partial charge in [0.25, 0.3) is 0 Å². The van der Waals surface area contributed by atoms with E-state index < -0.39 is 0 Å². The summed E-state index contributed by atoms with van der Waals surface area (Å²) in [4.78, 5) is 11.8. The first kappa shape index (κ1) is 17.3. The molecule has 0 radical (unpaired) electrons. The molecule has 21 heavy (non-hydrogen) atoms. The highest BCUT2D eigenvalue weighted by atomic mass is 16.5. The van der Waals surface area contributed by atoms with E-state index in [1.165, 1.54) is 0 Å². The van der Waals surface area contributed by atoms with Crippen molar-refractivity contribution in [2.75, 3.05) is 13.7 Å². The van der Waals surface area contributed by atoms with E-state index in [2.05, 4.69) is 10.6 Å². The summed E-state index contributed by atoms with van der Waals surface area (Å²) in [7, 11) is 1.62. The molecule has 5 nitrogen and oxygen atoms in total. The second-order valence-electron chi connectivity index (χ2n) is 5.18. The molecule has 0 fully saturated rings. The number of nitrogens with one attached hydrogen (secondary N) is 2. The van der Waals surface area contributed by atoms with Gasteiger partial charge in [0.2, 0.25) is 5.91 Å². The summed E-state index contributed by atoms with van der Waals surface area (Å²) in [6.07, 6.45) is 0. The quantitative estimate of drug-likeness (QED) is 0.771. The Morgan fingerprint density at radius 3 is 2.52 bits per heavy atom. The van der Waals surface area contributed by atoms with Crippen molar-refractivity contribution in [3.05, 3.63) is 23.8 Å². The Morgan fingerprint density at radius 2 is 1.95 bits per heavy atom. The van der Waals surface area contributed by atoms with Crippen LogP contribution in [0.25, 0.3) is 0 Å². The van der Waals surface area contributed by atoms with Gasteiger partial charge in [-0.05, 0) is 45.4 Å². The third-order valence-corrected chi connectivity index (χ3v) is 2.96.